The maximum atomic E-state index is 12.7. The molecule has 0 aromatic heterocycles. The highest BCUT2D eigenvalue weighted by Crippen LogP contribution is 2.35. The summed E-state index contributed by atoms with van der Waals surface area (Å²) in [4.78, 5) is 12.0. The van der Waals surface area contributed by atoms with E-state index in [1.54, 1.807) is 0 Å². The molecule has 1 fully saturated rings. The summed E-state index contributed by atoms with van der Waals surface area (Å²) in [5.74, 6) is -1.68. The normalized spacial score (nSPS) is 16.6. The number of hydrogen-bond donors (Lipinski definition) is 4. The maximum Gasteiger partial charge on any atom is 0.265 e. The zero-order valence-corrected chi connectivity index (χ0v) is 18.1. The Labute approximate surface area is 181 Å². The Kier molecular flexibility index (Phi) is 6.57. The Morgan fingerprint density at radius 1 is 1.28 bits per heavy atom. The fourth-order valence-electron chi connectivity index (χ4n) is 2.86. The predicted molar refractivity (Wildman–Crippen MR) is 111 cm³/mol. The van der Waals surface area contributed by atoms with Crippen molar-refractivity contribution in [2.45, 2.75) is 23.8 Å². The molecule has 1 atom stereocenters. The van der Waals surface area contributed by atoms with Crippen LogP contribution in [0.1, 0.15) is 23.2 Å². The molecule has 1 heterocycles. The van der Waals surface area contributed by atoms with E-state index in [4.69, 9.17) is 16.3 Å². The molecule has 0 unspecified atom stereocenters. The smallest absolute Gasteiger partial charge is 0.265 e. The van der Waals surface area contributed by atoms with E-state index in [1.807, 2.05) is 0 Å². The van der Waals surface area contributed by atoms with Gasteiger partial charge in [-0.15, -0.1) is 0 Å². The Balaban J connectivity index is 1.86. The molecule has 0 saturated carbocycles. The van der Waals surface area contributed by atoms with Gasteiger partial charge in [0.05, 0.1) is 17.4 Å². The van der Waals surface area contributed by atoms with Crippen LogP contribution in [0.4, 0.5) is 5.69 Å². The molecular formula is C18H18BrClN2O6S. The van der Waals surface area contributed by atoms with E-state index in [9.17, 15) is 23.4 Å². The molecular weight excluding hydrogens is 488 g/mol. The standard InChI is InChI=1S/C18H18BrClN2O6S/c19-10-3-4-15(23)16(6-10)29(26,27)22-14-8-11(20)7-13(17(14)24)18(25)21-9-12-2-1-5-28-12/h3-4,6-8,12,22-24H,1-2,5,9H2,(H,21,25)/t12-/m0/s1. The van der Waals surface area contributed by atoms with E-state index in [0.29, 0.717) is 11.1 Å². The number of benzene rings is 2. The van der Waals surface area contributed by atoms with Gasteiger partial charge < -0.3 is 20.3 Å². The lowest BCUT2D eigenvalue weighted by molar-refractivity contribution is 0.0855. The van der Waals surface area contributed by atoms with Gasteiger partial charge in [0.15, 0.2) is 5.75 Å². The summed E-state index contributed by atoms with van der Waals surface area (Å²) in [7, 11) is -4.27. The Morgan fingerprint density at radius 2 is 2.03 bits per heavy atom. The largest absolute Gasteiger partial charge is 0.507 e. The van der Waals surface area contributed by atoms with Crippen molar-refractivity contribution in [2.24, 2.45) is 0 Å². The second-order valence-electron chi connectivity index (χ2n) is 6.41. The Hall–Kier alpha value is -2.01. The highest BCUT2D eigenvalue weighted by molar-refractivity contribution is 9.10. The minimum atomic E-state index is -4.27. The second-order valence-corrected chi connectivity index (χ2v) is 9.42. The number of nitrogens with one attached hydrogen (secondary N) is 2. The predicted octanol–water partition coefficient (Wildman–Crippen LogP) is 3.22. The van der Waals surface area contributed by atoms with Crippen molar-refractivity contribution >= 4 is 49.1 Å². The molecule has 0 spiro atoms. The molecule has 1 amide bonds. The van der Waals surface area contributed by atoms with E-state index in [0.717, 1.165) is 12.8 Å². The van der Waals surface area contributed by atoms with E-state index >= 15 is 0 Å². The number of amides is 1. The lowest BCUT2D eigenvalue weighted by atomic mass is 10.1. The zero-order chi connectivity index (χ0) is 21.2. The monoisotopic (exact) mass is 504 g/mol. The molecule has 1 aliphatic heterocycles. The summed E-state index contributed by atoms with van der Waals surface area (Å²) in [6.45, 7) is 0.898. The number of phenolic OH excluding ortho intramolecular Hbond substituents is 2. The quantitative estimate of drug-likeness (QED) is 0.447. The molecule has 0 aliphatic carbocycles. The molecule has 3 rings (SSSR count). The van der Waals surface area contributed by atoms with Crippen LogP contribution in [-0.4, -0.2) is 43.8 Å². The van der Waals surface area contributed by atoms with Gasteiger partial charge >= 0.3 is 0 Å². The summed E-state index contributed by atoms with van der Waals surface area (Å²) < 4.78 is 33.3. The molecule has 156 valence electrons. The van der Waals surface area contributed by atoms with Crippen LogP contribution in [0.2, 0.25) is 5.02 Å². The zero-order valence-electron chi connectivity index (χ0n) is 15.0. The topological polar surface area (TPSA) is 125 Å². The molecule has 2 aromatic carbocycles. The first-order valence-corrected chi connectivity index (χ1v) is 11.3. The van der Waals surface area contributed by atoms with Crippen molar-refractivity contribution in [1.29, 1.82) is 0 Å². The number of sulfonamides is 1. The van der Waals surface area contributed by atoms with Crippen molar-refractivity contribution in [2.75, 3.05) is 17.9 Å². The number of halogens is 2. The lowest BCUT2D eigenvalue weighted by Gasteiger charge is -2.15. The van der Waals surface area contributed by atoms with Crippen molar-refractivity contribution in [3.8, 4) is 11.5 Å². The molecule has 29 heavy (non-hydrogen) atoms. The van der Waals surface area contributed by atoms with Crippen LogP contribution in [0.25, 0.3) is 0 Å². The number of aromatic hydroxyl groups is 2. The van der Waals surface area contributed by atoms with Crippen LogP contribution < -0.4 is 10.0 Å². The third-order valence-electron chi connectivity index (χ3n) is 4.29. The third kappa shape index (κ3) is 5.13. The van der Waals surface area contributed by atoms with Crippen LogP contribution in [0.5, 0.6) is 11.5 Å². The number of rotatable bonds is 6. The number of ether oxygens (including phenoxy) is 1. The van der Waals surface area contributed by atoms with Crippen molar-refractivity contribution < 1.29 is 28.2 Å². The highest BCUT2D eigenvalue weighted by atomic mass is 79.9. The first-order valence-electron chi connectivity index (χ1n) is 8.61. The number of hydrogen-bond acceptors (Lipinski definition) is 6. The molecule has 8 nitrogen and oxygen atoms in total. The van der Waals surface area contributed by atoms with Gasteiger partial charge in [0.2, 0.25) is 0 Å². The van der Waals surface area contributed by atoms with E-state index in [-0.39, 0.29) is 28.9 Å². The van der Waals surface area contributed by atoms with Crippen LogP contribution in [0.15, 0.2) is 39.7 Å². The first kappa shape index (κ1) is 21.7. The van der Waals surface area contributed by atoms with E-state index in [1.165, 1.54) is 30.3 Å². The lowest BCUT2D eigenvalue weighted by Crippen LogP contribution is -2.31. The van der Waals surface area contributed by atoms with Crippen molar-refractivity contribution in [1.82, 2.24) is 5.32 Å². The summed E-state index contributed by atoms with van der Waals surface area (Å²) >= 11 is 9.16. The molecule has 2 aromatic rings. The number of anilines is 1. The average Bonchev–Trinajstić information content (AvgIpc) is 3.17. The number of carbonyl (C=O) groups is 1. The van der Waals surface area contributed by atoms with Gasteiger partial charge in [-0.2, -0.15) is 0 Å². The SMILES string of the molecule is O=C(NC[C@@H]1CCCO1)c1cc(Cl)cc(NS(=O)(=O)c2cc(Br)ccc2O)c1O. The van der Waals surface area contributed by atoms with Crippen LogP contribution >= 0.6 is 27.5 Å². The van der Waals surface area contributed by atoms with E-state index in [2.05, 4.69) is 26.0 Å². The summed E-state index contributed by atoms with van der Waals surface area (Å²) in [6.07, 6.45) is 1.64. The first-order chi connectivity index (χ1) is 13.7. The second kappa shape index (κ2) is 8.78. The van der Waals surface area contributed by atoms with Crippen molar-refractivity contribution in [3.05, 3.63) is 45.4 Å². The van der Waals surface area contributed by atoms with Gasteiger partial charge in [-0.1, -0.05) is 27.5 Å². The fourth-order valence-corrected chi connectivity index (χ4v) is 4.77. The highest BCUT2D eigenvalue weighted by Gasteiger charge is 2.24. The summed E-state index contributed by atoms with van der Waals surface area (Å²) in [5.41, 5.74) is -0.481. The molecule has 11 heteroatoms. The molecule has 1 aliphatic rings. The minimum Gasteiger partial charge on any atom is -0.507 e. The Morgan fingerprint density at radius 3 is 2.72 bits per heavy atom. The Bertz CT molecular complexity index is 1040. The van der Waals surface area contributed by atoms with Crippen molar-refractivity contribution in [3.63, 3.8) is 0 Å². The van der Waals surface area contributed by atoms with E-state index < -0.39 is 32.3 Å². The number of phenols is 2. The molecule has 0 radical (unpaired) electrons. The summed E-state index contributed by atoms with van der Waals surface area (Å²) in [5, 5.41) is 23.0. The van der Waals surface area contributed by atoms with Gasteiger partial charge in [0, 0.05) is 22.6 Å². The third-order valence-corrected chi connectivity index (χ3v) is 6.40. The maximum absolute atomic E-state index is 12.7. The van der Waals surface area contributed by atoms with Crippen LogP contribution in [0.3, 0.4) is 0 Å². The van der Waals surface area contributed by atoms with Gasteiger partial charge in [-0.3, -0.25) is 9.52 Å². The van der Waals surface area contributed by atoms with Crippen LogP contribution in [0, 0.1) is 0 Å². The average molecular weight is 506 g/mol. The van der Waals surface area contributed by atoms with Gasteiger partial charge in [0.1, 0.15) is 10.6 Å². The van der Waals surface area contributed by atoms with Gasteiger partial charge in [0.25, 0.3) is 15.9 Å². The molecule has 0 bridgehead atoms. The molecule has 1 saturated heterocycles. The molecule has 4 N–H and O–H groups in total. The number of carbonyl (C=O) groups excluding carboxylic acids is 1. The van der Waals surface area contributed by atoms with Crippen LogP contribution in [-0.2, 0) is 14.8 Å². The fraction of sp³-hybridized carbons (Fsp3) is 0.278. The summed E-state index contributed by atoms with van der Waals surface area (Å²) in [6, 6.07) is 6.28. The minimum absolute atomic E-state index is 0.0428. The van der Waals surface area contributed by atoms with Gasteiger partial charge in [-0.25, -0.2) is 8.42 Å². The van der Waals surface area contributed by atoms with Gasteiger partial charge in [-0.05, 0) is 43.2 Å².